The van der Waals surface area contributed by atoms with Crippen molar-refractivity contribution in [2.24, 2.45) is 0 Å². The SMILES string of the molecule is COc1cccc(NCCC(=O)Nc2ccc(N3CCCC3)cc2)c1. The molecule has 3 rings (SSSR count). The number of carbonyl (C=O) groups is 1. The number of anilines is 3. The first-order valence-corrected chi connectivity index (χ1v) is 8.77. The fourth-order valence-corrected chi connectivity index (χ4v) is 3.01. The summed E-state index contributed by atoms with van der Waals surface area (Å²) in [5, 5.41) is 6.18. The standard InChI is InChI=1S/C20H25N3O2/c1-25-19-6-4-5-17(15-19)21-12-11-20(24)22-16-7-9-18(10-8-16)23-13-2-3-14-23/h4-10,15,21H,2-3,11-14H2,1H3,(H,22,24). The Hall–Kier alpha value is -2.69. The summed E-state index contributed by atoms with van der Waals surface area (Å²) in [7, 11) is 1.64. The van der Waals surface area contributed by atoms with Gasteiger partial charge in [0.2, 0.25) is 5.91 Å². The van der Waals surface area contributed by atoms with Crippen molar-refractivity contribution in [3.8, 4) is 5.75 Å². The van der Waals surface area contributed by atoms with E-state index in [4.69, 9.17) is 4.74 Å². The van der Waals surface area contributed by atoms with Crippen molar-refractivity contribution in [2.75, 3.05) is 42.3 Å². The van der Waals surface area contributed by atoms with Gasteiger partial charge in [-0.2, -0.15) is 0 Å². The minimum absolute atomic E-state index is 0.00400. The maximum absolute atomic E-state index is 12.1. The zero-order valence-electron chi connectivity index (χ0n) is 14.6. The maximum atomic E-state index is 12.1. The molecule has 2 aromatic carbocycles. The van der Waals surface area contributed by atoms with Crippen molar-refractivity contribution in [2.45, 2.75) is 19.3 Å². The number of hydrogen-bond acceptors (Lipinski definition) is 4. The number of rotatable bonds is 7. The van der Waals surface area contributed by atoms with E-state index in [1.54, 1.807) is 7.11 Å². The largest absolute Gasteiger partial charge is 0.497 e. The highest BCUT2D eigenvalue weighted by atomic mass is 16.5. The Kier molecular flexibility index (Phi) is 5.77. The van der Waals surface area contributed by atoms with Crippen LogP contribution in [0, 0.1) is 0 Å². The highest BCUT2D eigenvalue weighted by molar-refractivity contribution is 5.91. The molecular weight excluding hydrogens is 314 g/mol. The van der Waals surface area contributed by atoms with Gasteiger partial charge >= 0.3 is 0 Å². The van der Waals surface area contributed by atoms with Crippen LogP contribution in [0.5, 0.6) is 5.75 Å². The average molecular weight is 339 g/mol. The van der Waals surface area contributed by atoms with Crippen LogP contribution in [-0.2, 0) is 4.79 Å². The molecule has 0 bridgehead atoms. The summed E-state index contributed by atoms with van der Waals surface area (Å²) in [6, 6.07) is 15.8. The van der Waals surface area contributed by atoms with E-state index in [-0.39, 0.29) is 5.91 Å². The third kappa shape index (κ3) is 4.89. The number of carbonyl (C=O) groups excluding carboxylic acids is 1. The van der Waals surface area contributed by atoms with Gasteiger partial charge in [0.15, 0.2) is 0 Å². The molecule has 132 valence electrons. The smallest absolute Gasteiger partial charge is 0.226 e. The topological polar surface area (TPSA) is 53.6 Å². The van der Waals surface area contributed by atoms with E-state index < -0.39 is 0 Å². The second-order valence-electron chi connectivity index (χ2n) is 6.20. The minimum atomic E-state index is 0.00400. The third-order valence-electron chi connectivity index (χ3n) is 4.37. The van der Waals surface area contributed by atoms with Gasteiger partial charge in [0, 0.05) is 49.2 Å². The van der Waals surface area contributed by atoms with Gasteiger partial charge in [-0.15, -0.1) is 0 Å². The lowest BCUT2D eigenvalue weighted by Gasteiger charge is -2.17. The summed E-state index contributed by atoms with van der Waals surface area (Å²) < 4.78 is 5.19. The van der Waals surface area contributed by atoms with E-state index in [1.165, 1.54) is 18.5 Å². The van der Waals surface area contributed by atoms with E-state index in [9.17, 15) is 4.79 Å². The van der Waals surface area contributed by atoms with Gasteiger partial charge < -0.3 is 20.3 Å². The second kappa shape index (κ2) is 8.42. The summed E-state index contributed by atoms with van der Waals surface area (Å²) >= 11 is 0. The molecule has 0 unspecified atom stereocenters. The molecule has 0 spiro atoms. The quantitative estimate of drug-likeness (QED) is 0.807. The van der Waals surface area contributed by atoms with E-state index in [1.807, 2.05) is 36.4 Å². The van der Waals surface area contributed by atoms with Crippen LogP contribution in [-0.4, -0.2) is 32.7 Å². The zero-order valence-corrected chi connectivity index (χ0v) is 14.6. The van der Waals surface area contributed by atoms with Crippen LogP contribution in [0.2, 0.25) is 0 Å². The normalized spacial score (nSPS) is 13.6. The van der Waals surface area contributed by atoms with Crippen molar-refractivity contribution in [3.63, 3.8) is 0 Å². The summed E-state index contributed by atoms with van der Waals surface area (Å²) in [5.41, 5.74) is 3.02. The molecule has 1 aliphatic rings. The van der Waals surface area contributed by atoms with Crippen LogP contribution in [0.25, 0.3) is 0 Å². The van der Waals surface area contributed by atoms with Crippen LogP contribution in [0.1, 0.15) is 19.3 Å². The Morgan fingerprint density at radius 3 is 2.56 bits per heavy atom. The van der Waals surface area contributed by atoms with Crippen LogP contribution < -0.4 is 20.3 Å². The van der Waals surface area contributed by atoms with Crippen molar-refractivity contribution in [3.05, 3.63) is 48.5 Å². The molecule has 25 heavy (non-hydrogen) atoms. The van der Waals surface area contributed by atoms with Crippen molar-refractivity contribution < 1.29 is 9.53 Å². The summed E-state index contributed by atoms with van der Waals surface area (Å²) in [5.74, 6) is 0.803. The molecule has 2 N–H and O–H groups in total. The van der Waals surface area contributed by atoms with E-state index in [0.717, 1.165) is 30.2 Å². The molecule has 5 nitrogen and oxygen atoms in total. The van der Waals surface area contributed by atoms with E-state index >= 15 is 0 Å². The van der Waals surface area contributed by atoms with E-state index in [0.29, 0.717) is 13.0 Å². The summed E-state index contributed by atoms with van der Waals surface area (Å²) in [4.78, 5) is 14.5. The molecule has 1 saturated heterocycles. The first-order chi connectivity index (χ1) is 12.2. The predicted octanol–water partition coefficient (Wildman–Crippen LogP) is 3.74. The van der Waals surface area contributed by atoms with Gasteiger partial charge in [-0.1, -0.05) is 6.07 Å². The second-order valence-corrected chi connectivity index (χ2v) is 6.20. The molecular formula is C20H25N3O2. The Bertz CT molecular complexity index is 694. The fourth-order valence-electron chi connectivity index (χ4n) is 3.01. The lowest BCUT2D eigenvalue weighted by molar-refractivity contribution is -0.115. The third-order valence-corrected chi connectivity index (χ3v) is 4.37. The molecule has 2 aromatic rings. The van der Waals surface area contributed by atoms with Crippen LogP contribution in [0.4, 0.5) is 17.1 Å². The number of nitrogens with one attached hydrogen (secondary N) is 2. The van der Waals surface area contributed by atoms with Crippen LogP contribution in [0.15, 0.2) is 48.5 Å². The molecule has 0 saturated carbocycles. The van der Waals surface area contributed by atoms with Gasteiger partial charge in [0.25, 0.3) is 0 Å². The minimum Gasteiger partial charge on any atom is -0.497 e. The Labute approximate surface area is 149 Å². The van der Waals surface area contributed by atoms with Gasteiger partial charge in [0.05, 0.1) is 7.11 Å². The molecule has 1 amide bonds. The Balaban J connectivity index is 1.44. The molecule has 1 heterocycles. The Morgan fingerprint density at radius 2 is 1.84 bits per heavy atom. The van der Waals surface area contributed by atoms with Gasteiger partial charge in [-0.25, -0.2) is 0 Å². The number of benzene rings is 2. The van der Waals surface area contributed by atoms with Crippen molar-refractivity contribution in [1.29, 1.82) is 0 Å². The monoisotopic (exact) mass is 339 g/mol. The number of ether oxygens (including phenoxy) is 1. The molecule has 1 fully saturated rings. The molecule has 0 radical (unpaired) electrons. The molecule has 0 aliphatic carbocycles. The zero-order chi connectivity index (χ0) is 17.5. The fraction of sp³-hybridized carbons (Fsp3) is 0.350. The lowest BCUT2D eigenvalue weighted by atomic mass is 10.2. The predicted molar refractivity (Wildman–Crippen MR) is 103 cm³/mol. The van der Waals surface area contributed by atoms with Crippen molar-refractivity contribution in [1.82, 2.24) is 0 Å². The van der Waals surface area contributed by atoms with E-state index in [2.05, 4.69) is 27.7 Å². The number of amides is 1. The molecule has 1 aliphatic heterocycles. The maximum Gasteiger partial charge on any atom is 0.226 e. The summed E-state index contributed by atoms with van der Waals surface area (Å²) in [6.45, 7) is 2.83. The van der Waals surface area contributed by atoms with Gasteiger partial charge in [-0.3, -0.25) is 4.79 Å². The van der Waals surface area contributed by atoms with Gasteiger partial charge in [0.1, 0.15) is 5.75 Å². The van der Waals surface area contributed by atoms with Gasteiger partial charge in [-0.05, 0) is 49.2 Å². The highest BCUT2D eigenvalue weighted by Gasteiger charge is 2.12. The molecule has 5 heteroatoms. The average Bonchev–Trinajstić information content (AvgIpc) is 3.17. The van der Waals surface area contributed by atoms with Crippen LogP contribution in [0.3, 0.4) is 0 Å². The number of hydrogen-bond donors (Lipinski definition) is 2. The number of methoxy groups -OCH3 is 1. The molecule has 0 aromatic heterocycles. The molecule has 0 atom stereocenters. The first-order valence-electron chi connectivity index (χ1n) is 8.77. The first kappa shape index (κ1) is 17.1. The van der Waals surface area contributed by atoms with Crippen LogP contribution >= 0.6 is 0 Å². The summed E-state index contributed by atoms with van der Waals surface area (Å²) in [6.07, 6.45) is 2.93. The van der Waals surface area contributed by atoms with Crippen molar-refractivity contribution >= 4 is 23.0 Å². The lowest BCUT2D eigenvalue weighted by Crippen LogP contribution is -2.18. The highest BCUT2D eigenvalue weighted by Crippen LogP contribution is 2.22. The Morgan fingerprint density at radius 1 is 1.08 bits per heavy atom. The number of nitrogens with zero attached hydrogens (tertiary/aromatic N) is 1.